The van der Waals surface area contributed by atoms with Crippen LogP contribution in [0.5, 0.6) is 0 Å². The standard InChI is InChI=1S/C13H9ClF3N3O/c14-11-4-5-12-18-7-10(20(12)19-11)8-2-1-3-9(6-8)21-13(15,16)17/h1-5,7,9H,6H2. The van der Waals surface area contributed by atoms with Crippen LogP contribution >= 0.6 is 11.6 Å². The van der Waals surface area contributed by atoms with Gasteiger partial charge in [-0.2, -0.15) is 5.10 Å². The van der Waals surface area contributed by atoms with Crippen molar-refractivity contribution < 1.29 is 17.9 Å². The van der Waals surface area contributed by atoms with E-state index >= 15 is 0 Å². The van der Waals surface area contributed by atoms with Crippen LogP contribution < -0.4 is 0 Å². The van der Waals surface area contributed by atoms with Crippen molar-refractivity contribution in [2.75, 3.05) is 0 Å². The van der Waals surface area contributed by atoms with Gasteiger partial charge in [-0.15, -0.1) is 13.2 Å². The molecule has 0 aliphatic heterocycles. The van der Waals surface area contributed by atoms with Gasteiger partial charge < -0.3 is 0 Å². The van der Waals surface area contributed by atoms with E-state index in [1.165, 1.54) is 16.7 Å². The number of alkyl halides is 3. The lowest BCUT2D eigenvalue weighted by Crippen LogP contribution is -2.23. The fourth-order valence-electron chi connectivity index (χ4n) is 2.16. The quantitative estimate of drug-likeness (QED) is 0.849. The lowest BCUT2D eigenvalue weighted by atomic mass is 10.0. The van der Waals surface area contributed by atoms with Crippen LogP contribution in [-0.4, -0.2) is 27.1 Å². The number of hydrogen-bond acceptors (Lipinski definition) is 3. The fraction of sp³-hybridized carbons (Fsp3) is 0.231. The summed E-state index contributed by atoms with van der Waals surface area (Å²) in [6.07, 6.45) is 0.502. The van der Waals surface area contributed by atoms with Gasteiger partial charge in [-0.3, -0.25) is 4.74 Å². The molecule has 3 rings (SSSR count). The first-order valence-electron chi connectivity index (χ1n) is 6.05. The molecule has 0 aromatic carbocycles. The van der Waals surface area contributed by atoms with E-state index in [2.05, 4.69) is 14.8 Å². The van der Waals surface area contributed by atoms with Gasteiger partial charge in [0, 0.05) is 6.42 Å². The van der Waals surface area contributed by atoms with E-state index in [4.69, 9.17) is 11.6 Å². The molecule has 110 valence electrons. The lowest BCUT2D eigenvalue weighted by molar-refractivity contribution is -0.335. The van der Waals surface area contributed by atoms with Gasteiger partial charge in [0.2, 0.25) is 0 Å². The molecular formula is C13H9ClF3N3O. The summed E-state index contributed by atoms with van der Waals surface area (Å²) in [6, 6.07) is 3.28. The zero-order valence-electron chi connectivity index (χ0n) is 10.5. The summed E-state index contributed by atoms with van der Waals surface area (Å²) in [4.78, 5) is 4.15. The molecule has 0 saturated carbocycles. The molecule has 0 spiro atoms. The van der Waals surface area contributed by atoms with Gasteiger partial charge in [0.15, 0.2) is 5.65 Å². The third-order valence-corrected chi connectivity index (χ3v) is 3.19. The zero-order valence-corrected chi connectivity index (χ0v) is 11.3. The second-order valence-electron chi connectivity index (χ2n) is 4.45. The van der Waals surface area contributed by atoms with Crippen LogP contribution in [0.2, 0.25) is 5.15 Å². The normalized spacial score (nSPS) is 19.0. The van der Waals surface area contributed by atoms with Crippen LogP contribution in [0.3, 0.4) is 0 Å². The predicted molar refractivity (Wildman–Crippen MR) is 70.7 cm³/mol. The van der Waals surface area contributed by atoms with E-state index in [1.54, 1.807) is 24.4 Å². The monoisotopic (exact) mass is 315 g/mol. The maximum atomic E-state index is 12.3. The molecule has 0 fully saturated rings. The third kappa shape index (κ3) is 3.08. The van der Waals surface area contributed by atoms with Crippen molar-refractivity contribution in [1.82, 2.24) is 14.6 Å². The molecule has 0 N–H and O–H groups in total. The van der Waals surface area contributed by atoms with Crippen LogP contribution in [0.15, 0.2) is 36.6 Å². The number of halogens is 4. The number of nitrogens with zero attached hydrogens (tertiary/aromatic N) is 3. The minimum absolute atomic E-state index is 0.0813. The number of ether oxygens (including phenoxy) is 1. The van der Waals surface area contributed by atoms with Crippen LogP contribution in [0.4, 0.5) is 13.2 Å². The summed E-state index contributed by atoms with van der Waals surface area (Å²) in [7, 11) is 0. The predicted octanol–water partition coefficient (Wildman–Crippen LogP) is 3.63. The Balaban J connectivity index is 1.91. The Labute approximate surface area is 122 Å². The van der Waals surface area contributed by atoms with Crippen molar-refractivity contribution in [3.8, 4) is 0 Å². The first kappa shape index (κ1) is 14.1. The second kappa shape index (κ2) is 5.16. The number of imidazole rings is 1. The lowest BCUT2D eigenvalue weighted by Gasteiger charge is -2.19. The minimum Gasteiger partial charge on any atom is -0.284 e. The molecule has 1 unspecified atom stereocenters. The average molecular weight is 316 g/mol. The van der Waals surface area contributed by atoms with Crippen molar-refractivity contribution in [3.05, 3.63) is 47.4 Å². The number of rotatable bonds is 2. The van der Waals surface area contributed by atoms with Crippen LogP contribution in [-0.2, 0) is 4.74 Å². The van der Waals surface area contributed by atoms with E-state index in [0.29, 0.717) is 16.9 Å². The third-order valence-electron chi connectivity index (χ3n) is 2.99. The SMILES string of the molecule is FC(F)(F)OC1C=CC=C(c2cnc3ccc(Cl)nn23)C1. The summed E-state index contributed by atoms with van der Waals surface area (Å²) in [5.74, 6) is 0. The molecule has 4 nitrogen and oxygen atoms in total. The van der Waals surface area contributed by atoms with Crippen molar-refractivity contribution in [1.29, 1.82) is 0 Å². The van der Waals surface area contributed by atoms with Gasteiger partial charge in [0.25, 0.3) is 0 Å². The maximum absolute atomic E-state index is 12.3. The summed E-state index contributed by atoms with van der Waals surface area (Å²) in [6.45, 7) is 0. The van der Waals surface area contributed by atoms with Crippen molar-refractivity contribution in [3.63, 3.8) is 0 Å². The van der Waals surface area contributed by atoms with Gasteiger partial charge in [-0.25, -0.2) is 9.50 Å². The number of hydrogen-bond donors (Lipinski definition) is 0. The van der Waals surface area contributed by atoms with Gasteiger partial charge >= 0.3 is 6.36 Å². The Hall–Kier alpha value is -1.86. The van der Waals surface area contributed by atoms with Gasteiger partial charge in [-0.1, -0.05) is 29.8 Å². The highest BCUT2D eigenvalue weighted by molar-refractivity contribution is 6.29. The first-order chi connectivity index (χ1) is 9.92. The zero-order chi connectivity index (χ0) is 15.0. The van der Waals surface area contributed by atoms with Gasteiger partial charge in [0.05, 0.1) is 18.0 Å². The highest BCUT2D eigenvalue weighted by Gasteiger charge is 2.33. The Morgan fingerprint density at radius 3 is 2.90 bits per heavy atom. The van der Waals surface area contributed by atoms with Crippen molar-refractivity contribution in [2.45, 2.75) is 18.9 Å². The molecule has 2 aromatic heterocycles. The van der Waals surface area contributed by atoms with E-state index in [0.717, 1.165) is 0 Å². The second-order valence-corrected chi connectivity index (χ2v) is 4.84. The molecule has 0 bridgehead atoms. The molecule has 1 aliphatic rings. The topological polar surface area (TPSA) is 39.4 Å². The Morgan fingerprint density at radius 2 is 2.14 bits per heavy atom. The molecule has 8 heteroatoms. The maximum Gasteiger partial charge on any atom is 0.523 e. The number of allylic oxidation sites excluding steroid dienone is 2. The summed E-state index contributed by atoms with van der Waals surface area (Å²) < 4.78 is 42.4. The molecule has 21 heavy (non-hydrogen) atoms. The van der Waals surface area contributed by atoms with Crippen molar-refractivity contribution >= 4 is 22.8 Å². The average Bonchev–Trinajstić information content (AvgIpc) is 2.80. The Bertz CT molecular complexity index is 736. The van der Waals surface area contributed by atoms with Crippen molar-refractivity contribution in [2.24, 2.45) is 0 Å². The van der Waals surface area contributed by atoms with Gasteiger partial charge in [-0.05, 0) is 17.7 Å². The highest BCUT2D eigenvalue weighted by atomic mass is 35.5. The van der Waals surface area contributed by atoms with E-state index in [9.17, 15) is 13.2 Å². The van der Waals surface area contributed by atoms with Crippen LogP contribution in [0.25, 0.3) is 11.2 Å². The van der Waals surface area contributed by atoms with E-state index in [1.807, 2.05) is 0 Å². The van der Waals surface area contributed by atoms with E-state index in [-0.39, 0.29) is 11.6 Å². The fourth-order valence-corrected chi connectivity index (χ4v) is 2.30. The molecule has 1 aliphatic carbocycles. The van der Waals surface area contributed by atoms with Crippen LogP contribution in [0.1, 0.15) is 12.1 Å². The van der Waals surface area contributed by atoms with Gasteiger partial charge in [0.1, 0.15) is 5.15 Å². The number of aromatic nitrogens is 3. The van der Waals surface area contributed by atoms with Crippen LogP contribution in [0, 0.1) is 0 Å². The molecular weight excluding hydrogens is 307 g/mol. The molecule has 2 heterocycles. The molecule has 0 amide bonds. The summed E-state index contributed by atoms with van der Waals surface area (Å²) in [5, 5.41) is 4.38. The first-order valence-corrected chi connectivity index (χ1v) is 6.43. The highest BCUT2D eigenvalue weighted by Crippen LogP contribution is 2.29. The molecule has 2 aromatic rings. The molecule has 0 saturated heterocycles. The largest absolute Gasteiger partial charge is 0.523 e. The molecule has 1 atom stereocenters. The molecule has 0 radical (unpaired) electrons. The van der Waals surface area contributed by atoms with E-state index < -0.39 is 12.5 Å². The summed E-state index contributed by atoms with van der Waals surface area (Å²) >= 11 is 5.84. The smallest absolute Gasteiger partial charge is 0.284 e. The minimum atomic E-state index is -4.67. The number of fused-ring (bicyclic) bond motifs is 1. The Kier molecular flexibility index (Phi) is 3.46. The summed E-state index contributed by atoms with van der Waals surface area (Å²) in [5.41, 5.74) is 1.81. The Morgan fingerprint density at radius 1 is 1.33 bits per heavy atom.